The smallest absolute Gasteiger partial charge is 0.407 e. The van der Waals surface area contributed by atoms with Crippen LogP contribution in [0, 0.1) is 5.92 Å². The molecule has 4 unspecified atom stereocenters. The van der Waals surface area contributed by atoms with Gasteiger partial charge in [-0.25, -0.2) is 4.79 Å². The molecule has 1 saturated carbocycles. The molecule has 0 aromatic rings. The summed E-state index contributed by atoms with van der Waals surface area (Å²) in [6.07, 6.45) is 7.50. The number of ether oxygens (including phenoxy) is 4. The van der Waals surface area contributed by atoms with E-state index in [1.807, 2.05) is 0 Å². The van der Waals surface area contributed by atoms with Gasteiger partial charge in [-0.2, -0.15) is 0 Å². The van der Waals surface area contributed by atoms with Gasteiger partial charge in [0.25, 0.3) is 0 Å². The van der Waals surface area contributed by atoms with E-state index in [0.29, 0.717) is 6.54 Å². The first-order chi connectivity index (χ1) is 14.4. The van der Waals surface area contributed by atoms with Gasteiger partial charge in [0.2, 0.25) is 0 Å². The van der Waals surface area contributed by atoms with Crippen LogP contribution in [0.3, 0.4) is 0 Å². The summed E-state index contributed by atoms with van der Waals surface area (Å²) < 4.78 is 23.8. The third-order valence-electron chi connectivity index (χ3n) is 6.85. The van der Waals surface area contributed by atoms with Crippen molar-refractivity contribution in [2.45, 2.75) is 95.2 Å². The standard InChI is InChI=1S/C23H39NO6/c1-16(2)9-10-18-22(3,30-18)20-19(27-4)17(11-12-23(20)15-28-23)29-21(26)24-13-7-5-6-8-14-25/h9,17-20,25H,5-8,10-15H2,1-4H3,(H,24,26)/t17?,18-,19?,20?,22?,23+/m1/s1. The molecule has 0 aromatic heterocycles. The minimum Gasteiger partial charge on any atom is -0.443 e. The third kappa shape index (κ3) is 5.36. The first-order valence-electron chi connectivity index (χ1n) is 11.4. The zero-order valence-electron chi connectivity index (χ0n) is 18.9. The van der Waals surface area contributed by atoms with Gasteiger partial charge in [0.15, 0.2) is 0 Å². The van der Waals surface area contributed by atoms with E-state index in [2.05, 4.69) is 32.2 Å². The van der Waals surface area contributed by atoms with Crippen LogP contribution in [0.1, 0.15) is 65.7 Å². The molecule has 2 heterocycles. The van der Waals surface area contributed by atoms with Crippen LogP contribution in [-0.4, -0.2) is 67.6 Å². The van der Waals surface area contributed by atoms with Crippen LogP contribution in [0.25, 0.3) is 0 Å². The summed E-state index contributed by atoms with van der Waals surface area (Å²) in [7, 11) is 1.69. The number of aliphatic hydroxyl groups excluding tert-OH is 1. The zero-order valence-corrected chi connectivity index (χ0v) is 18.9. The summed E-state index contributed by atoms with van der Waals surface area (Å²) in [5.74, 6) is 0.0376. The second-order valence-corrected chi connectivity index (χ2v) is 9.39. The lowest BCUT2D eigenvalue weighted by molar-refractivity contribution is -0.118. The topological polar surface area (TPSA) is 92.9 Å². The van der Waals surface area contributed by atoms with Crippen molar-refractivity contribution in [1.29, 1.82) is 0 Å². The Balaban J connectivity index is 1.56. The summed E-state index contributed by atoms with van der Waals surface area (Å²) >= 11 is 0. The summed E-state index contributed by atoms with van der Waals surface area (Å²) in [6, 6.07) is 0. The Morgan fingerprint density at radius 3 is 2.63 bits per heavy atom. The maximum Gasteiger partial charge on any atom is 0.407 e. The summed E-state index contributed by atoms with van der Waals surface area (Å²) in [5.41, 5.74) is 0.749. The number of methoxy groups -OCH3 is 1. The average molecular weight is 426 g/mol. The Morgan fingerprint density at radius 2 is 2.00 bits per heavy atom. The maximum absolute atomic E-state index is 12.4. The fourth-order valence-corrected chi connectivity index (χ4v) is 5.03. The number of hydrogen-bond donors (Lipinski definition) is 2. The molecule has 30 heavy (non-hydrogen) atoms. The SMILES string of the molecule is COC1C(OC(=O)NCCCCCCO)CC[C@]2(CO2)C1C1(C)O[C@@H]1CC=C(C)C. The van der Waals surface area contributed by atoms with E-state index < -0.39 is 6.09 Å². The molecule has 1 amide bonds. The number of hydrogen-bond acceptors (Lipinski definition) is 6. The molecule has 1 aliphatic carbocycles. The number of alkyl carbamates (subject to hydrolysis) is 1. The van der Waals surface area contributed by atoms with Crippen molar-refractivity contribution in [2.75, 3.05) is 26.9 Å². The molecule has 2 N–H and O–H groups in total. The molecule has 7 heteroatoms. The van der Waals surface area contributed by atoms with E-state index >= 15 is 0 Å². The number of epoxide rings is 2. The van der Waals surface area contributed by atoms with Gasteiger partial charge >= 0.3 is 6.09 Å². The van der Waals surface area contributed by atoms with Crippen LogP contribution in [0.15, 0.2) is 11.6 Å². The fraction of sp³-hybridized carbons (Fsp3) is 0.870. The van der Waals surface area contributed by atoms with E-state index in [1.165, 1.54) is 5.57 Å². The van der Waals surface area contributed by atoms with E-state index in [9.17, 15) is 4.79 Å². The number of carbonyl (C=O) groups excluding carboxylic acids is 1. The highest BCUT2D eigenvalue weighted by Gasteiger charge is 2.72. The van der Waals surface area contributed by atoms with Gasteiger partial charge in [-0.1, -0.05) is 24.5 Å². The third-order valence-corrected chi connectivity index (χ3v) is 6.85. The van der Waals surface area contributed by atoms with E-state index in [1.54, 1.807) is 7.11 Å². The highest BCUT2D eigenvalue weighted by molar-refractivity contribution is 5.67. The van der Waals surface area contributed by atoms with Gasteiger partial charge in [-0.05, 0) is 52.9 Å². The Kier molecular flexibility index (Phi) is 7.82. The largest absolute Gasteiger partial charge is 0.443 e. The number of aliphatic hydroxyl groups is 1. The monoisotopic (exact) mass is 425 g/mol. The maximum atomic E-state index is 12.4. The van der Waals surface area contributed by atoms with Crippen LogP contribution in [-0.2, 0) is 18.9 Å². The molecule has 2 aliphatic heterocycles. The van der Waals surface area contributed by atoms with Crippen molar-refractivity contribution in [3.05, 3.63) is 11.6 Å². The molecule has 0 radical (unpaired) electrons. The van der Waals surface area contributed by atoms with Crippen molar-refractivity contribution >= 4 is 6.09 Å². The Bertz CT molecular complexity index is 615. The Morgan fingerprint density at radius 1 is 1.27 bits per heavy atom. The molecule has 6 atom stereocenters. The molecule has 2 saturated heterocycles. The van der Waals surface area contributed by atoms with Crippen molar-refractivity contribution < 1.29 is 28.8 Å². The van der Waals surface area contributed by atoms with E-state index in [0.717, 1.165) is 51.6 Å². The lowest BCUT2D eigenvalue weighted by Gasteiger charge is -2.42. The molecular weight excluding hydrogens is 386 g/mol. The van der Waals surface area contributed by atoms with Crippen LogP contribution < -0.4 is 5.32 Å². The van der Waals surface area contributed by atoms with Gasteiger partial charge in [0.1, 0.15) is 23.4 Å². The number of allylic oxidation sites excluding steroid dienone is 1. The predicted octanol–water partition coefficient (Wildman–Crippen LogP) is 3.34. The molecule has 172 valence electrons. The first-order valence-corrected chi connectivity index (χ1v) is 11.4. The van der Waals surface area contributed by atoms with Gasteiger partial charge in [0, 0.05) is 20.3 Å². The molecular formula is C23H39NO6. The molecule has 0 bridgehead atoms. The molecule has 3 fully saturated rings. The van der Waals surface area contributed by atoms with Gasteiger partial charge in [-0.3, -0.25) is 0 Å². The minimum atomic E-state index is -0.390. The number of unbranched alkanes of at least 4 members (excludes halogenated alkanes) is 3. The highest BCUT2D eigenvalue weighted by Crippen LogP contribution is 2.59. The minimum absolute atomic E-state index is 0.0376. The number of rotatable bonds is 11. The van der Waals surface area contributed by atoms with Crippen molar-refractivity contribution in [3.8, 4) is 0 Å². The van der Waals surface area contributed by atoms with Crippen molar-refractivity contribution in [2.24, 2.45) is 5.92 Å². The lowest BCUT2D eigenvalue weighted by Crippen LogP contribution is -2.56. The number of carbonyl (C=O) groups is 1. The Labute approximate surface area is 180 Å². The first kappa shape index (κ1) is 23.5. The average Bonchev–Trinajstić information content (AvgIpc) is 3.62. The summed E-state index contributed by atoms with van der Waals surface area (Å²) in [5, 5.41) is 11.7. The fourth-order valence-electron chi connectivity index (χ4n) is 5.03. The van der Waals surface area contributed by atoms with Crippen LogP contribution in [0.5, 0.6) is 0 Å². The van der Waals surface area contributed by atoms with Crippen molar-refractivity contribution in [1.82, 2.24) is 5.32 Å². The van der Waals surface area contributed by atoms with E-state index in [-0.39, 0.29) is 42.0 Å². The Hall–Kier alpha value is -1.15. The van der Waals surface area contributed by atoms with Gasteiger partial charge in [-0.15, -0.1) is 0 Å². The molecule has 3 rings (SSSR count). The summed E-state index contributed by atoms with van der Waals surface area (Å²) in [6.45, 7) is 7.86. The second-order valence-electron chi connectivity index (χ2n) is 9.39. The summed E-state index contributed by atoms with van der Waals surface area (Å²) in [4.78, 5) is 12.4. The van der Waals surface area contributed by atoms with Crippen LogP contribution in [0.4, 0.5) is 4.79 Å². The number of nitrogens with one attached hydrogen (secondary N) is 1. The molecule has 3 aliphatic rings. The quantitative estimate of drug-likeness (QED) is 0.300. The van der Waals surface area contributed by atoms with Crippen molar-refractivity contribution in [3.63, 3.8) is 0 Å². The van der Waals surface area contributed by atoms with Crippen LogP contribution in [0.2, 0.25) is 0 Å². The molecule has 7 nitrogen and oxygen atoms in total. The zero-order chi connectivity index (χ0) is 21.8. The predicted molar refractivity (Wildman–Crippen MR) is 113 cm³/mol. The second kappa shape index (κ2) is 9.98. The lowest BCUT2D eigenvalue weighted by atomic mass is 9.68. The molecule has 0 aromatic carbocycles. The normalized spacial score (nSPS) is 37.0. The van der Waals surface area contributed by atoms with Gasteiger partial charge in [0.05, 0.1) is 18.6 Å². The highest BCUT2D eigenvalue weighted by atomic mass is 16.6. The number of amides is 1. The molecule has 1 spiro atoms. The van der Waals surface area contributed by atoms with E-state index in [4.69, 9.17) is 24.1 Å². The van der Waals surface area contributed by atoms with Gasteiger partial charge < -0.3 is 29.4 Å². The van der Waals surface area contributed by atoms with Crippen LogP contribution >= 0.6 is 0 Å².